The molecule has 0 aromatic heterocycles. The monoisotopic (exact) mass is 267 g/mol. The van der Waals surface area contributed by atoms with Crippen molar-refractivity contribution < 1.29 is 9.84 Å². The largest absolute Gasteiger partial charge is 0.391 e. The highest BCUT2D eigenvalue weighted by atomic mass is 16.5. The fourth-order valence-corrected chi connectivity index (χ4v) is 5.16. The van der Waals surface area contributed by atoms with E-state index < -0.39 is 0 Å². The molecule has 4 rings (SSSR count). The first-order valence-corrected chi connectivity index (χ1v) is 8.00. The number of morpholine rings is 1. The normalized spacial score (nSPS) is 51.5. The van der Waals surface area contributed by atoms with Crippen molar-refractivity contribution in [2.45, 2.75) is 58.6 Å². The number of hydrogen-bond donors (Lipinski definition) is 1. The molecule has 5 atom stereocenters. The zero-order valence-corrected chi connectivity index (χ0v) is 12.7. The van der Waals surface area contributed by atoms with Gasteiger partial charge in [0.2, 0.25) is 0 Å². The van der Waals surface area contributed by atoms with Crippen LogP contribution in [0.2, 0.25) is 0 Å². The average molecular weight is 267 g/mol. The smallest absolute Gasteiger partial charge is 0.0751 e. The first kappa shape index (κ1) is 13.8. The van der Waals surface area contributed by atoms with Gasteiger partial charge < -0.3 is 9.84 Å². The van der Waals surface area contributed by atoms with E-state index in [1.54, 1.807) is 0 Å². The molecule has 1 saturated heterocycles. The van der Waals surface area contributed by atoms with E-state index in [2.05, 4.69) is 25.7 Å². The maximum atomic E-state index is 10.9. The van der Waals surface area contributed by atoms with Gasteiger partial charge in [0, 0.05) is 19.1 Å². The van der Waals surface area contributed by atoms with Crippen molar-refractivity contribution in [1.29, 1.82) is 0 Å². The predicted molar refractivity (Wildman–Crippen MR) is 76.0 cm³/mol. The quantitative estimate of drug-likeness (QED) is 0.833. The van der Waals surface area contributed by atoms with Crippen molar-refractivity contribution in [3.05, 3.63) is 0 Å². The van der Waals surface area contributed by atoms with E-state index in [0.29, 0.717) is 17.4 Å². The Kier molecular flexibility index (Phi) is 3.43. The van der Waals surface area contributed by atoms with Gasteiger partial charge >= 0.3 is 0 Å². The SMILES string of the molecule is CCC1(C)C[C@@]2(C)CC[C@@H]1C(N1CCOCC1)[C@H]2O. The van der Waals surface area contributed by atoms with Crippen LogP contribution in [0, 0.1) is 16.7 Å². The van der Waals surface area contributed by atoms with Gasteiger partial charge in [-0.3, -0.25) is 4.90 Å². The highest BCUT2D eigenvalue weighted by Crippen LogP contribution is 2.60. The molecule has 110 valence electrons. The number of ether oxygens (including phenoxy) is 1. The van der Waals surface area contributed by atoms with Crippen LogP contribution in [0.25, 0.3) is 0 Å². The lowest BCUT2D eigenvalue weighted by Crippen LogP contribution is -2.67. The van der Waals surface area contributed by atoms with Crippen LogP contribution in [0.5, 0.6) is 0 Å². The Morgan fingerprint density at radius 2 is 1.95 bits per heavy atom. The minimum Gasteiger partial charge on any atom is -0.391 e. The van der Waals surface area contributed by atoms with Crippen LogP contribution in [-0.2, 0) is 4.74 Å². The molecule has 3 heteroatoms. The molecule has 0 aromatic carbocycles. The van der Waals surface area contributed by atoms with Gasteiger partial charge in [-0.05, 0) is 36.0 Å². The molecule has 0 radical (unpaired) electrons. The molecule has 4 aliphatic rings. The van der Waals surface area contributed by atoms with E-state index >= 15 is 0 Å². The van der Waals surface area contributed by atoms with Gasteiger partial charge in [0.1, 0.15) is 0 Å². The molecule has 4 fully saturated rings. The van der Waals surface area contributed by atoms with E-state index in [-0.39, 0.29) is 11.5 Å². The Morgan fingerprint density at radius 3 is 2.58 bits per heavy atom. The van der Waals surface area contributed by atoms with Crippen LogP contribution in [0.1, 0.15) is 46.5 Å². The molecule has 19 heavy (non-hydrogen) atoms. The number of rotatable bonds is 2. The van der Waals surface area contributed by atoms with E-state index in [9.17, 15) is 5.11 Å². The molecule has 1 heterocycles. The van der Waals surface area contributed by atoms with Crippen LogP contribution < -0.4 is 0 Å². The van der Waals surface area contributed by atoms with Gasteiger partial charge in [-0.25, -0.2) is 0 Å². The zero-order chi connectivity index (χ0) is 13.7. The zero-order valence-electron chi connectivity index (χ0n) is 12.7. The first-order valence-electron chi connectivity index (χ1n) is 8.00. The summed E-state index contributed by atoms with van der Waals surface area (Å²) in [5.41, 5.74) is 0.539. The minimum absolute atomic E-state index is 0.127. The fraction of sp³-hybridized carbons (Fsp3) is 1.00. The highest BCUT2D eigenvalue weighted by Gasteiger charge is 2.59. The lowest BCUT2D eigenvalue weighted by atomic mass is 9.47. The van der Waals surface area contributed by atoms with Gasteiger partial charge in [-0.1, -0.05) is 27.2 Å². The summed E-state index contributed by atoms with van der Waals surface area (Å²) in [5.74, 6) is 0.660. The molecule has 3 aliphatic carbocycles. The third-order valence-electron chi connectivity index (χ3n) is 6.45. The summed E-state index contributed by atoms with van der Waals surface area (Å²) in [4.78, 5) is 2.52. The molecule has 2 unspecified atom stereocenters. The molecule has 3 saturated carbocycles. The lowest BCUT2D eigenvalue weighted by molar-refractivity contribution is -0.191. The standard InChI is InChI=1S/C16H29NO2/c1-4-15(2)11-16(3)6-5-12(15)13(14(16)18)17-7-9-19-10-8-17/h12-14,18H,4-11H2,1-3H3/t12-,13?,14-,15?,16-/m1/s1. The maximum absolute atomic E-state index is 10.9. The summed E-state index contributed by atoms with van der Waals surface area (Å²) in [6.07, 6.45) is 4.78. The van der Waals surface area contributed by atoms with Crippen molar-refractivity contribution in [2.75, 3.05) is 26.3 Å². The maximum Gasteiger partial charge on any atom is 0.0751 e. The third-order valence-corrected chi connectivity index (χ3v) is 6.45. The van der Waals surface area contributed by atoms with E-state index in [1.807, 2.05) is 0 Å². The average Bonchev–Trinajstić information content (AvgIpc) is 2.42. The van der Waals surface area contributed by atoms with Gasteiger partial charge in [-0.15, -0.1) is 0 Å². The van der Waals surface area contributed by atoms with E-state index in [0.717, 1.165) is 26.3 Å². The molecule has 0 spiro atoms. The highest BCUT2D eigenvalue weighted by molar-refractivity contribution is 5.11. The van der Waals surface area contributed by atoms with Crippen molar-refractivity contribution in [3.63, 3.8) is 0 Å². The van der Waals surface area contributed by atoms with Crippen LogP contribution in [0.3, 0.4) is 0 Å². The predicted octanol–water partition coefficient (Wildman–Crippen LogP) is 2.28. The second-order valence-electron chi connectivity index (χ2n) is 7.57. The summed E-state index contributed by atoms with van der Waals surface area (Å²) in [5, 5.41) is 10.9. The molecular formula is C16H29NO2. The van der Waals surface area contributed by atoms with Gasteiger partial charge in [0.15, 0.2) is 0 Å². The summed E-state index contributed by atoms with van der Waals surface area (Å²) in [7, 11) is 0. The molecule has 0 aromatic rings. The Labute approximate surface area is 117 Å². The Hall–Kier alpha value is -0.120. The second-order valence-corrected chi connectivity index (χ2v) is 7.57. The summed E-state index contributed by atoms with van der Waals surface area (Å²) >= 11 is 0. The van der Waals surface area contributed by atoms with E-state index in [1.165, 1.54) is 25.7 Å². The summed E-state index contributed by atoms with van der Waals surface area (Å²) in [6.45, 7) is 10.7. The van der Waals surface area contributed by atoms with Gasteiger partial charge in [0.05, 0.1) is 19.3 Å². The lowest BCUT2D eigenvalue weighted by Gasteiger charge is -2.63. The fourth-order valence-electron chi connectivity index (χ4n) is 5.16. The first-order chi connectivity index (χ1) is 9.00. The Balaban J connectivity index is 1.89. The number of hydrogen-bond acceptors (Lipinski definition) is 3. The molecule has 2 bridgehead atoms. The van der Waals surface area contributed by atoms with Crippen molar-refractivity contribution >= 4 is 0 Å². The molecule has 3 nitrogen and oxygen atoms in total. The van der Waals surface area contributed by atoms with Crippen LogP contribution in [0.15, 0.2) is 0 Å². The number of fused-ring (bicyclic) bond motifs is 3. The minimum atomic E-state index is -0.149. The number of aliphatic hydroxyl groups excluding tert-OH is 1. The molecule has 1 N–H and O–H groups in total. The van der Waals surface area contributed by atoms with Crippen molar-refractivity contribution in [1.82, 2.24) is 4.90 Å². The topological polar surface area (TPSA) is 32.7 Å². The Bertz CT molecular complexity index is 340. The molecule has 1 aliphatic heterocycles. The second kappa shape index (κ2) is 4.71. The van der Waals surface area contributed by atoms with Crippen LogP contribution in [-0.4, -0.2) is 48.5 Å². The van der Waals surface area contributed by atoms with Gasteiger partial charge in [0.25, 0.3) is 0 Å². The molecule has 0 amide bonds. The molecular weight excluding hydrogens is 238 g/mol. The third kappa shape index (κ3) is 2.05. The van der Waals surface area contributed by atoms with Crippen LogP contribution in [0.4, 0.5) is 0 Å². The number of nitrogens with zero attached hydrogens (tertiary/aromatic N) is 1. The number of aliphatic hydroxyl groups is 1. The van der Waals surface area contributed by atoms with Crippen LogP contribution >= 0.6 is 0 Å². The van der Waals surface area contributed by atoms with Crippen molar-refractivity contribution in [2.24, 2.45) is 16.7 Å². The van der Waals surface area contributed by atoms with Gasteiger partial charge in [-0.2, -0.15) is 0 Å². The Morgan fingerprint density at radius 1 is 1.26 bits per heavy atom. The summed E-state index contributed by atoms with van der Waals surface area (Å²) < 4.78 is 5.49. The van der Waals surface area contributed by atoms with Crippen molar-refractivity contribution in [3.8, 4) is 0 Å². The summed E-state index contributed by atoms with van der Waals surface area (Å²) in [6, 6.07) is 0.362. The van der Waals surface area contributed by atoms with E-state index in [4.69, 9.17) is 4.74 Å².